The monoisotopic (exact) mass is 405 g/mol. The molecule has 0 bridgehead atoms. The van der Waals surface area contributed by atoms with Gasteiger partial charge in [0.1, 0.15) is 11.4 Å². The van der Waals surface area contributed by atoms with E-state index in [9.17, 15) is 14.4 Å². The van der Waals surface area contributed by atoms with E-state index in [0.29, 0.717) is 5.75 Å². The fourth-order valence-corrected chi connectivity index (χ4v) is 2.74. The van der Waals surface area contributed by atoms with Crippen molar-refractivity contribution < 1.29 is 28.6 Å². The van der Waals surface area contributed by atoms with Gasteiger partial charge in [-0.25, -0.2) is 14.4 Å². The zero-order chi connectivity index (χ0) is 21.5. The maximum absolute atomic E-state index is 12.8. The van der Waals surface area contributed by atoms with E-state index in [1.165, 1.54) is 14.2 Å². The second-order valence-electron chi connectivity index (χ2n) is 6.14. The molecule has 0 amide bonds. The summed E-state index contributed by atoms with van der Waals surface area (Å²) >= 11 is 0. The maximum atomic E-state index is 12.8. The Morgan fingerprint density at radius 3 is 2.27 bits per heavy atom. The summed E-state index contributed by atoms with van der Waals surface area (Å²) in [5.41, 5.74) is 0.254. The summed E-state index contributed by atoms with van der Waals surface area (Å²) in [6.45, 7) is 0. The minimum absolute atomic E-state index is 0.172. The molecule has 30 heavy (non-hydrogen) atoms. The highest BCUT2D eigenvalue weighted by Crippen LogP contribution is 2.24. The maximum Gasteiger partial charge on any atom is 0.354 e. The lowest BCUT2D eigenvalue weighted by Gasteiger charge is -2.13. The standard InChI is InChI=1S/C23H19NO6/c1-28-21(25)14-20(23(27)29-2)24-19-10-6-5-9-18(19)22(26)30-17-12-11-15-7-3-4-8-16(15)13-17/h3-14,24H,1-2H3/b20-14+. The highest BCUT2D eigenvalue weighted by Gasteiger charge is 2.18. The number of nitrogens with one attached hydrogen (secondary N) is 1. The van der Waals surface area contributed by atoms with Gasteiger partial charge in [-0.05, 0) is 35.0 Å². The fourth-order valence-electron chi connectivity index (χ4n) is 2.74. The molecule has 3 aromatic carbocycles. The van der Waals surface area contributed by atoms with Crippen LogP contribution in [0.1, 0.15) is 10.4 Å². The summed E-state index contributed by atoms with van der Waals surface area (Å²) in [6, 6.07) is 19.5. The summed E-state index contributed by atoms with van der Waals surface area (Å²) in [5.74, 6) is -1.79. The van der Waals surface area contributed by atoms with Crippen molar-refractivity contribution in [3.63, 3.8) is 0 Å². The smallest absolute Gasteiger partial charge is 0.354 e. The average Bonchev–Trinajstić information content (AvgIpc) is 2.78. The van der Waals surface area contributed by atoms with Crippen molar-refractivity contribution in [1.82, 2.24) is 0 Å². The van der Waals surface area contributed by atoms with Gasteiger partial charge >= 0.3 is 17.9 Å². The Hall–Kier alpha value is -4.13. The van der Waals surface area contributed by atoms with E-state index >= 15 is 0 Å². The number of methoxy groups -OCH3 is 2. The van der Waals surface area contributed by atoms with Crippen molar-refractivity contribution in [2.45, 2.75) is 0 Å². The number of carbonyl (C=O) groups is 3. The number of hydrogen-bond acceptors (Lipinski definition) is 7. The number of ether oxygens (including phenoxy) is 3. The molecule has 0 unspecified atom stereocenters. The average molecular weight is 405 g/mol. The summed E-state index contributed by atoms with van der Waals surface area (Å²) < 4.78 is 14.7. The first-order chi connectivity index (χ1) is 14.5. The van der Waals surface area contributed by atoms with Crippen molar-refractivity contribution in [3.05, 3.63) is 84.1 Å². The quantitative estimate of drug-likeness (QED) is 0.380. The molecule has 0 spiro atoms. The zero-order valence-electron chi connectivity index (χ0n) is 16.4. The number of hydrogen-bond donors (Lipinski definition) is 1. The van der Waals surface area contributed by atoms with Crippen LogP contribution in [0.3, 0.4) is 0 Å². The second-order valence-corrected chi connectivity index (χ2v) is 6.14. The van der Waals surface area contributed by atoms with Crippen molar-refractivity contribution in [3.8, 4) is 5.75 Å². The van der Waals surface area contributed by atoms with Gasteiger partial charge in [-0.1, -0.05) is 42.5 Å². The molecule has 0 aliphatic heterocycles. The Bertz CT molecular complexity index is 1140. The Balaban J connectivity index is 1.87. The molecule has 0 atom stereocenters. The normalized spacial score (nSPS) is 10.9. The predicted molar refractivity (Wildman–Crippen MR) is 111 cm³/mol. The van der Waals surface area contributed by atoms with Crippen LogP contribution >= 0.6 is 0 Å². The predicted octanol–water partition coefficient (Wildman–Crippen LogP) is 3.70. The van der Waals surface area contributed by atoms with Gasteiger partial charge in [0.15, 0.2) is 0 Å². The second kappa shape index (κ2) is 9.38. The minimum atomic E-state index is -0.793. The van der Waals surface area contributed by atoms with Crippen LogP contribution in [0, 0.1) is 0 Å². The molecule has 152 valence electrons. The third kappa shape index (κ3) is 4.82. The molecule has 0 heterocycles. The Labute approximate surface area is 172 Å². The minimum Gasteiger partial charge on any atom is -0.466 e. The number of carbonyl (C=O) groups excluding carboxylic acids is 3. The first kappa shape index (κ1) is 20.6. The summed E-state index contributed by atoms with van der Waals surface area (Å²) in [5, 5.41) is 4.70. The van der Waals surface area contributed by atoms with E-state index in [4.69, 9.17) is 4.74 Å². The number of para-hydroxylation sites is 1. The Kier molecular flexibility index (Phi) is 6.44. The number of fused-ring (bicyclic) bond motifs is 1. The fraction of sp³-hybridized carbons (Fsp3) is 0.0870. The van der Waals surface area contributed by atoms with Crippen molar-refractivity contribution in [2.24, 2.45) is 0 Å². The van der Waals surface area contributed by atoms with Gasteiger partial charge in [0, 0.05) is 0 Å². The number of esters is 3. The zero-order valence-corrected chi connectivity index (χ0v) is 16.4. The van der Waals surface area contributed by atoms with Crippen LogP contribution in [0.4, 0.5) is 5.69 Å². The molecule has 0 saturated carbocycles. The van der Waals surface area contributed by atoms with Crippen molar-refractivity contribution in [1.29, 1.82) is 0 Å². The molecule has 0 aromatic heterocycles. The van der Waals surface area contributed by atoms with Crippen molar-refractivity contribution in [2.75, 3.05) is 19.5 Å². The van der Waals surface area contributed by atoms with Crippen LogP contribution in [-0.2, 0) is 19.1 Å². The highest BCUT2D eigenvalue weighted by molar-refractivity contribution is 6.02. The molecule has 0 aliphatic carbocycles. The van der Waals surface area contributed by atoms with Gasteiger partial charge in [0.2, 0.25) is 0 Å². The molecule has 0 saturated heterocycles. The third-order valence-electron chi connectivity index (χ3n) is 4.22. The molecule has 3 rings (SSSR count). The van der Waals surface area contributed by atoms with Crippen LogP contribution in [0.25, 0.3) is 10.8 Å². The van der Waals surface area contributed by atoms with Gasteiger partial charge in [-0.2, -0.15) is 0 Å². The number of anilines is 1. The Morgan fingerprint density at radius 2 is 1.53 bits per heavy atom. The summed E-state index contributed by atoms with van der Waals surface area (Å²) in [6.07, 6.45) is 0.942. The molecular weight excluding hydrogens is 386 g/mol. The lowest BCUT2D eigenvalue weighted by molar-refractivity contribution is -0.138. The lowest BCUT2D eigenvalue weighted by atomic mass is 10.1. The molecule has 7 heteroatoms. The van der Waals surface area contributed by atoms with Gasteiger partial charge in [-0.15, -0.1) is 0 Å². The van der Waals surface area contributed by atoms with Gasteiger partial charge in [0.05, 0.1) is 31.5 Å². The van der Waals surface area contributed by atoms with Crippen LogP contribution in [0.5, 0.6) is 5.75 Å². The van der Waals surface area contributed by atoms with E-state index in [1.807, 2.05) is 30.3 Å². The largest absolute Gasteiger partial charge is 0.466 e. The molecular formula is C23H19NO6. The molecule has 7 nitrogen and oxygen atoms in total. The number of benzene rings is 3. The van der Waals surface area contributed by atoms with Crippen LogP contribution in [-0.4, -0.2) is 32.1 Å². The van der Waals surface area contributed by atoms with E-state index in [1.54, 1.807) is 36.4 Å². The summed E-state index contributed by atoms with van der Waals surface area (Å²) in [7, 11) is 2.36. The topological polar surface area (TPSA) is 90.9 Å². The molecule has 0 fully saturated rings. The lowest BCUT2D eigenvalue weighted by Crippen LogP contribution is -2.18. The first-order valence-corrected chi connectivity index (χ1v) is 8.97. The molecule has 1 N–H and O–H groups in total. The van der Waals surface area contributed by atoms with E-state index in [2.05, 4.69) is 14.8 Å². The molecule has 0 aliphatic rings. The molecule has 3 aromatic rings. The first-order valence-electron chi connectivity index (χ1n) is 8.97. The highest BCUT2D eigenvalue weighted by atomic mass is 16.5. The van der Waals surface area contributed by atoms with E-state index in [-0.39, 0.29) is 16.9 Å². The number of rotatable bonds is 6. The van der Waals surface area contributed by atoms with Crippen LogP contribution in [0.2, 0.25) is 0 Å². The van der Waals surface area contributed by atoms with E-state index < -0.39 is 17.9 Å². The van der Waals surface area contributed by atoms with Gasteiger partial charge in [-0.3, -0.25) is 0 Å². The van der Waals surface area contributed by atoms with Crippen molar-refractivity contribution >= 4 is 34.4 Å². The van der Waals surface area contributed by atoms with Crippen LogP contribution in [0.15, 0.2) is 78.5 Å². The van der Waals surface area contributed by atoms with Gasteiger partial charge < -0.3 is 19.5 Å². The van der Waals surface area contributed by atoms with E-state index in [0.717, 1.165) is 16.8 Å². The molecule has 0 radical (unpaired) electrons. The summed E-state index contributed by atoms with van der Waals surface area (Å²) in [4.78, 5) is 36.3. The third-order valence-corrected chi connectivity index (χ3v) is 4.22. The Morgan fingerprint density at radius 1 is 0.833 bits per heavy atom. The van der Waals surface area contributed by atoms with Crippen LogP contribution < -0.4 is 10.1 Å². The SMILES string of the molecule is COC(=O)/C=C(/Nc1ccccc1C(=O)Oc1ccc2ccccc2c1)C(=O)OC. The van der Waals surface area contributed by atoms with Gasteiger partial charge in [0.25, 0.3) is 0 Å².